The SMILES string of the molecule is CCSCc1ncc(C(=O)c2ccccc2)c(C(=O)O)n1. The third kappa shape index (κ3) is 3.66. The Morgan fingerprint density at radius 1 is 1.24 bits per heavy atom. The molecule has 0 fully saturated rings. The van der Waals surface area contributed by atoms with Crippen LogP contribution in [0.15, 0.2) is 36.5 Å². The highest BCUT2D eigenvalue weighted by Gasteiger charge is 2.20. The van der Waals surface area contributed by atoms with E-state index in [0.717, 1.165) is 5.75 Å². The molecule has 0 saturated carbocycles. The second-order valence-corrected chi connectivity index (χ2v) is 5.46. The third-order valence-corrected chi connectivity index (χ3v) is 3.63. The molecule has 1 aromatic carbocycles. The van der Waals surface area contributed by atoms with Crippen molar-refractivity contribution in [2.24, 2.45) is 0 Å². The van der Waals surface area contributed by atoms with E-state index in [1.54, 1.807) is 42.1 Å². The Labute approximate surface area is 126 Å². The molecule has 1 heterocycles. The number of carbonyl (C=O) groups excluding carboxylic acids is 1. The van der Waals surface area contributed by atoms with E-state index >= 15 is 0 Å². The minimum atomic E-state index is -1.22. The van der Waals surface area contributed by atoms with Gasteiger partial charge < -0.3 is 5.11 Å². The first kappa shape index (κ1) is 15.2. The number of carboxylic acid groups (broad SMARTS) is 1. The van der Waals surface area contributed by atoms with Gasteiger partial charge in [0, 0.05) is 11.8 Å². The lowest BCUT2D eigenvalue weighted by Gasteiger charge is -2.06. The number of aromatic nitrogens is 2. The van der Waals surface area contributed by atoms with Gasteiger partial charge >= 0.3 is 5.97 Å². The zero-order valence-corrected chi connectivity index (χ0v) is 12.3. The number of ketones is 1. The highest BCUT2D eigenvalue weighted by Crippen LogP contribution is 2.15. The molecule has 108 valence electrons. The maximum absolute atomic E-state index is 12.3. The van der Waals surface area contributed by atoms with Crippen molar-refractivity contribution in [2.75, 3.05) is 5.75 Å². The number of aromatic carboxylic acids is 1. The molecule has 21 heavy (non-hydrogen) atoms. The molecule has 0 saturated heterocycles. The van der Waals surface area contributed by atoms with E-state index in [9.17, 15) is 14.7 Å². The second kappa shape index (κ2) is 6.99. The number of carboxylic acids is 1. The van der Waals surface area contributed by atoms with Gasteiger partial charge in [0.25, 0.3) is 0 Å². The molecule has 0 bridgehead atoms. The van der Waals surface area contributed by atoms with Crippen molar-refractivity contribution < 1.29 is 14.7 Å². The van der Waals surface area contributed by atoms with Crippen LogP contribution in [0.5, 0.6) is 0 Å². The summed E-state index contributed by atoms with van der Waals surface area (Å²) in [6, 6.07) is 8.50. The molecule has 0 aliphatic heterocycles. The van der Waals surface area contributed by atoms with E-state index in [0.29, 0.717) is 17.1 Å². The molecule has 0 spiro atoms. The Bertz CT molecular complexity index is 659. The minimum absolute atomic E-state index is 0.0129. The number of carbonyl (C=O) groups is 2. The van der Waals surface area contributed by atoms with E-state index in [2.05, 4.69) is 9.97 Å². The number of thioether (sulfide) groups is 1. The van der Waals surface area contributed by atoms with E-state index in [1.165, 1.54) is 6.20 Å². The van der Waals surface area contributed by atoms with E-state index < -0.39 is 5.97 Å². The first-order chi connectivity index (χ1) is 10.1. The smallest absolute Gasteiger partial charge is 0.355 e. The molecule has 0 aliphatic rings. The average Bonchev–Trinajstić information content (AvgIpc) is 2.52. The fraction of sp³-hybridized carbons (Fsp3) is 0.200. The monoisotopic (exact) mass is 302 g/mol. The van der Waals surface area contributed by atoms with Crippen LogP contribution in [0.2, 0.25) is 0 Å². The Morgan fingerprint density at radius 2 is 1.95 bits per heavy atom. The summed E-state index contributed by atoms with van der Waals surface area (Å²) in [4.78, 5) is 31.8. The van der Waals surface area contributed by atoms with E-state index in [-0.39, 0.29) is 17.0 Å². The van der Waals surface area contributed by atoms with Gasteiger partial charge in [0.1, 0.15) is 5.82 Å². The summed E-state index contributed by atoms with van der Waals surface area (Å²) in [5.74, 6) is 0.221. The maximum Gasteiger partial charge on any atom is 0.355 e. The molecule has 0 radical (unpaired) electrons. The molecular formula is C15H14N2O3S. The summed E-state index contributed by atoms with van der Waals surface area (Å²) in [6.45, 7) is 2.00. The second-order valence-electron chi connectivity index (χ2n) is 4.19. The van der Waals surface area contributed by atoms with E-state index in [4.69, 9.17) is 0 Å². The van der Waals surface area contributed by atoms with Crippen molar-refractivity contribution in [2.45, 2.75) is 12.7 Å². The van der Waals surface area contributed by atoms with Crippen molar-refractivity contribution in [3.63, 3.8) is 0 Å². The molecule has 5 nitrogen and oxygen atoms in total. The van der Waals surface area contributed by atoms with Gasteiger partial charge in [-0.3, -0.25) is 4.79 Å². The van der Waals surface area contributed by atoms with Crippen LogP contribution in [0, 0.1) is 0 Å². The average molecular weight is 302 g/mol. The van der Waals surface area contributed by atoms with Crippen LogP contribution < -0.4 is 0 Å². The summed E-state index contributed by atoms with van der Waals surface area (Å²) >= 11 is 1.59. The fourth-order valence-corrected chi connectivity index (χ4v) is 2.28. The lowest BCUT2D eigenvalue weighted by Crippen LogP contribution is -2.14. The summed E-state index contributed by atoms with van der Waals surface area (Å²) < 4.78 is 0. The number of hydrogen-bond donors (Lipinski definition) is 1. The Morgan fingerprint density at radius 3 is 2.57 bits per heavy atom. The van der Waals surface area contributed by atoms with Gasteiger partial charge in [-0.15, -0.1) is 0 Å². The van der Waals surface area contributed by atoms with Crippen LogP contribution in [0.1, 0.15) is 39.2 Å². The van der Waals surface area contributed by atoms with Crippen LogP contribution in [-0.2, 0) is 5.75 Å². The number of hydrogen-bond acceptors (Lipinski definition) is 5. The predicted molar refractivity (Wildman–Crippen MR) is 80.7 cm³/mol. The molecule has 0 unspecified atom stereocenters. The Balaban J connectivity index is 2.39. The van der Waals surface area contributed by atoms with Crippen molar-refractivity contribution in [3.05, 3.63) is 59.2 Å². The quantitative estimate of drug-likeness (QED) is 0.826. The third-order valence-electron chi connectivity index (χ3n) is 2.76. The predicted octanol–water partition coefficient (Wildman–Crippen LogP) is 2.66. The molecule has 0 amide bonds. The van der Waals surface area contributed by atoms with Crippen LogP contribution in [0.4, 0.5) is 0 Å². The standard InChI is InChI=1S/C15H14N2O3S/c1-2-21-9-12-16-8-11(13(17-12)15(19)20)14(18)10-6-4-3-5-7-10/h3-8H,2,9H2,1H3,(H,19,20). The van der Waals surface area contributed by atoms with Crippen LogP contribution in [0.25, 0.3) is 0 Å². The van der Waals surface area contributed by atoms with Crippen LogP contribution in [-0.4, -0.2) is 32.6 Å². The van der Waals surface area contributed by atoms with Crippen molar-refractivity contribution >= 4 is 23.5 Å². The van der Waals surface area contributed by atoms with Gasteiger partial charge in [-0.2, -0.15) is 11.8 Å². The topological polar surface area (TPSA) is 80.2 Å². The summed E-state index contributed by atoms with van der Waals surface area (Å²) in [6.07, 6.45) is 1.30. The largest absolute Gasteiger partial charge is 0.476 e. The van der Waals surface area contributed by atoms with E-state index in [1.807, 2.05) is 6.92 Å². The molecule has 1 N–H and O–H groups in total. The number of nitrogens with zero attached hydrogens (tertiary/aromatic N) is 2. The molecule has 2 rings (SSSR count). The van der Waals surface area contributed by atoms with Gasteiger partial charge in [0.15, 0.2) is 11.5 Å². The van der Waals surface area contributed by atoms with Gasteiger partial charge in [0.2, 0.25) is 0 Å². The number of rotatable bonds is 6. The summed E-state index contributed by atoms with van der Waals surface area (Å²) in [7, 11) is 0. The zero-order valence-electron chi connectivity index (χ0n) is 11.4. The number of benzene rings is 1. The molecule has 0 atom stereocenters. The van der Waals surface area contributed by atoms with Gasteiger partial charge in [-0.05, 0) is 5.75 Å². The fourth-order valence-electron chi connectivity index (χ4n) is 1.76. The highest BCUT2D eigenvalue weighted by molar-refractivity contribution is 7.98. The lowest BCUT2D eigenvalue weighted by molar-refractivity contribution is 0.0685. The van der Waals surface area contributed by atoms with Crippen LogP contribution >= 0.6 is 11.8 Å². The van der Waals surface area contributed by atoms with Gasteiger partial charge in [-0.25, -0.2) is 14.8 Å². The highest BCUT2D eigenvalue weighted by atomic mass is 32.2. The summed E-state index contributed by atoms with van der Waals surface area (Å²) in [5, 5.41) is 9.26. The maximum atomic E-state index is 12.3. The molecule has 1 aromatic heterocycles. The molecular weight excluding hydrogens is 288 g/mol. The van der Waals surface area contributed by atoms with Gasteiger partial charge in [0.05, 0.1) is 11.3 Å². The molecule has 2 aromatic rings. The molecule has 6 heteroatoms. The molecule has 0 aliphatic carbocycles. The van der Waals surface area contributed by atoms with Crippen LogP contribution in [0.3, 0.4) is 0 Å². The first-order valence-electron chi connectivity index (χ1n) is 6.40. The zero-order chi connectivity index (χ0) is 15.2. The van der Waals surface area contributed by atoms with Crippen molar-refractivity contribution in [1.29, 1.82) is 0 Å². The van der Waals surface area contributed by atoms with Crippen molar-refractivity contribution in [1.82, 2.24) is 9.97 Å². The lowest BCUT2D eigenvalue weighted by atomic mass is 10.0. The Hall–Kier alpha value is -2.21. The first-order valence-corrected chi connectivity index (χ1v) is 7.55. The van der Waals surface area contributed by atoms with Crippen molar-refractivity contribution in [3.8, 4) is 0 Å². The summed E-state index contributed by atoms with van der Waals surface area (Å²) in [5.41, 5.74) is 0.184. The van der Waals surface area contributed by atoms with Gasteiger partial charge in [-0.1, -0.05) is 37.3 Å². The Kier molecular flexibility index (Phi) is 5.05. The minimum Gasteiger partial charge on any atom is -0.476 e. The normalized spacial score (nSPS) is 10.3.